The average Bonchev–Trinajstić information content (AvgIpc) is 2.78. The molecule has 4 aromatic rings. The molecule has 0 saturated heterocycles. The van der Waals surface area contributed by atoms with Gasteiger partial charge in [-0.05, 0) is 39.7 Å². The van der Waals surface area contributed by atoms with Crippen molar-refractivity contribution in [2.24, 2.45) is 5.10 Å². The minimum Gasteiger partial charge on any atom is -0.495 e. The van der Waals surface area contributed by atoms with E-state index in [4.69, 9.17) is 4.74 Å². The molecule has 30 heavy (non-hydrogen) atoms. The van der Waals surface area contributed by atoms with Gasteiger partial charge in [-0.2, -0.15) is 5.10 Å². The molecule has 0 aromatic heterocycles. The summed E-state index contributed by atoms with van der Waals surface area (Å²) in [5.41, 5.74) is 3.57. The van der Waals surface area contributed by atoms with Crippen LogP contribution in [0.4, 0.5) is 5.69 Å². The Hall–Kier alpha value is -4.19. The molecule has 0 aliphatic rings. The largest absolute Gasteiger partial charge is 0.495 e. The first kappa shape index (κ1) is 19.1. The lowest BCUT2D eigenvalue weighted by Crippen LogP contribution is -2.32. The first-order valence-electron chi connectivity index (χ1n) is 9.35. The van der Waals surface area contributed by atoms with Crippen molar-refractivity contribution in [1.82, 2.24) is 5.43 Å². The third-order valence-corrected chi connectivity index (χ3v) is 4.73. The number of para-hydroxylation sites is 2. The highest BCUT2D eigenvalue weighted by Crippen LogP contribution is 2.27. The molecule has 0 spiro atoms. The number of nitrogens with zero attached hydrogens (tertiary/aromatic N) is 1. The maximum atomic E-state index is 12.2. The summed E-state index contributed by atoms with van der Waals surface area (Å²) < 4.78 is 5.17. The van der Waals surface area contributed by atoms with Gasteiger partial charge in [0.05, 0.1) is 19.0 Å². The highest BCUT2D eigenvalue weighted by atomic mass is 16.5. The number of fused-ring (bicyclic) bond motifs is 2. The van der Waals surface area contributed by atoms with E-state index in [9.17, 15) is 9.59 Å². The molecule has 2 amide bonds. The Morgan fingerprint density at radius 3 is 2.10 bits per heavy atom. The van der Waals surface area contributed by atoms with Crippen LogP contribution in [0, 0.1) is 0 Å². The molecule has 0 radical (unpaired) electrons. The number of amides is 2. The number of anilines is 1. The molecule has 0 unspecified atom stereocenters. The lowest BCUT2D eigenvalue weighted by atomic mass is 9.97. The fourth-order valence-corrected chi connectivity index (χ4v) is 3.32. The summed E-state index contributed by atoms with van der Waals surface area (Å²) in [5, 5.41) is 10.7. The maximum absolute atomic E-state index is 12.2. The third-order valence-electron chi connectivity index (χ3n) is 4.73. The molecule has 0 aliphatic carbocycles. The summed E-state index contributed by atoms with van der Waals surface area (Å²) >= 11 is 0. The summed E-state index contributed by atoms with van der Waals surface area (Å²) in [6.07, 6.45) is 1.57. The predicted molar refractivity (Wildman–Crippen MR) is 119 cm³/mol. The van der Waals surface area contributed by atoms with E-state index in [0.29, 0.717) is 11.4 Å². The second kappa shape index (κ2) is 8.45. The van der Waals surface area contributed by atoms with Crippen LogP contribution < -0.4 is 15.5 Å². The molecule has 0 atom stereocenters. The van der Waals surface area contributed by atoms with Gasteiger partial charge in [0.2, 0.25) is 0 Å². The number of ether oxygens (including phenoxy) is 1. The van der Waals surface area contributed by atoms with Crippen molar-refractivity contribution in [1.29, 1.82) is 0 Å². The van der Waals surface area contributed by atoms with Crippen LogP contribution in [0.3, 0.4) is 0 Å². The Kier molecular flexibility index (Phi) is 5.39. The van der Waals surface area contributed by atoms with E-state index in [1.54, 1.807) is 30.5 Å². The molecule has 6 heteroatoms. The SMILES string of the molecule is COc1ccccc1NC(=O)C(=O)N/N=C\c1c2ccccc2cc2ccccc12. The number of carbonyl (C=O) groups is 2. The molecule has 148 valence electrons. The Morgan fingerprint density at radius 2 is 1.43 bits per heavy atom. The molecule has 2 N–H and O–H groups in total. The molecule has 4 aromatic carbocycles. The normalized spacial score (nSPS) is 11.0. The zero-order valence-electron chi connectivity index (χ0n) is 16.3. The molecule has 4 rings (SSSR count). The van der Waals surface area contributed by atoms with Crippen LogP contribution in [-0.2, 0) is 9.59 Å². The van der Waals surface area contributed by atoms with Gasteiger partial charge in [0.25, 0.3) is 0 Å². The summed E-state index contributed by atoms with van der Waals surface area (Å²) in [5.74, 6) is -1.24. The number of nitrogens with one attached hydrogen (secondary N) is 2. The molecule has 0 heterocycles. The van der Waals surface area contributed by atoms with E-state index in [1.807, 2.05) is 48.5 Å². The number of hydrogen-bond acceptors (Lipinski definition) is 4. The Morgan fingerprint density at radius 1 is 0.833 bits per heavy atom. The first-order chi connectivity index (χ1) is 14.7. The van der Waals surface area contributed by atoms with Crippen LogP contribution in [0.5, 0.6) is 5.75 Å². The van der Waals surface area contributed by atoms with Crippen molar-refractivity contribution in [3.05, 3.63) is 84.4 Å². The summed E-state index contributed by atoms with van der Waals surface area (Å²) in [6, 6.07) is 24.9. The van der Waals surface area contributed by atoms with E-state index >= 15 is 0 Å². The van der Waals surface area contributed by atoms with Crippen LogP contribution in [0.1, 0.15) is 5.56 Å². The molecular weight excluding hydrogens is 378 g/mol. The van der Waals surface area contributed by atoms with Gasteiger partial charge in [-0.25, -0.2) is 5.43 Å². The fraction of sp³-hybridized carbons (Fsp3) is 0.0417. The number of rotatable bonds is 4. The standard InChI is InChI=1S/C24H19N3O3/c1-30-22-13-7-6-12-21(22)26-23(28)24(29)27-25-15-20-18-10-4-2-8-16(18)14-17-9-3-5-11-19(17)20/h2-15H,1H3,(H,26,28)(H,27,29)/b25-15-. The zero-order valence-corrected chi connectivity index (χ0v) is 16.3. The molecule has 0 fully saturated rings. The molecule has 0 bridgehead atoms. The zero-order chi connectivity index (χ0) is 20.9. The van der Waals surface area contributed by atoms with Crippen molar-refractivity contribution in [2.45, 2.75) is 0 Å². The highest BCUT2D eigenvalue weighted by molar-refractivity contribution is 6.39. The molecule has 0 saturated carbocycles. The van der Waals surface area contributed by atoms with Gasteiger partial charge in [-0.3, -0.25) is 9.59 Å². The van der Waals surface area contributed by atoms with Crippen molar-refractivity contribution in [2.75, 3.05) is 12.4 Å². The van der Waals surface area contributed by atoms with Gasteiger partial charge < -0.3 is 10.1 Å². The fourth-order valence-electron chi connectivity index (χ4n) is 3.32. The lowest BCUT2D eigenvalue weighted by molar-refractivity contribution is -0.136. The van der Waals surface area contributed by atoms with E-state index in [-0.39, 0.29) is 0 Å². The van der Waals surface area contributed by atoms with Crippen molar-refractivity contribution in [3.8, 4) is 5.75 Å². The van der Waals surface area contributed by atoms with Crippen molar-refractivity contribution < 1.29 is 14.3 Å². The van der Waals surface area contributed by atoms with E-state index in [0.717, 1.165) is 27.1 Å². The number of benzene rings is 4. The van der Waals surface area contributed by atoms with Gasteiger partial charge in [0.1, 0.15) is 5.75 Å². The van der Waals surface area contributed by atoms with Gasteiger partial charge in [0, 0.05) is 5.56 Å². The quantitative estimate of drug-likeness (QED) is 0.236. The van der Waals surface area contributed by atoms with Crippen LogP contribution in [0.2, 0.25) is 0 Å². The Labute approximate surface area is 173 Å². The van der Waals surface area contributed by atoms with Crippen LogP contribution in [0.25, 0.3) is 21.5 Å². The van der Waals surface area contributed by atoms with E-state index in [1.165, 1.54) is 7.11 Å². The lowest BCUT2D eigenvalue weighted by Gasteiger charge is -2.09. The van der Waals surface area contributed by atoms with Gasteiger partial charge in [-0.15, -0.1) is 0 Å². The highest BCUT2D eigenvalue weighted by Gasteiger charge is 2.15. The topological polar surface area (TPSA) is 79.8 Å². The smallest absolute Gasteiger partial charge is 0.329 e. The first-order valence-corrected chi connectivity index (χ1v) is 9.35. The number of hydrazone groups is 1. The van der Waals surface area contributed by atoms with Crippen molar-refractivity contribution in [3.63, 3.8) is 0 Å². The maximum Gasteiger partial charge on any atom is 0.329 e. The van der Waals surface area contributed by atoms with Crippen LogP contribution in [0.15, 0.2) is 84.0 Å². The number of hydrogen-bond donors (Lipinski definition) is 2. The second-order valence-electron chi connectivity index (χ2n) is 6.59. The molecular formula is C24H19N3O3. The summed E-state index contributed by atoms with van der Waals surface area (Å²) in [6.45, 7) is 0. The number of methoxy groups -OCH3 is 1. The van der Waals surface area contributed by atoms with Crippen LogP contribution in [-0.4, -0.2) is 25.1 Å². The van der Waals surface area contributed by atoms with Crippen LogP contribution >= 0.6 is 0 Å². The van der Waals surface area contributed by atoms with E-state index in [2.05, 4.69) is 21.9 Å². The Bertz CT molecular complexity index is 1230. The van der Waals surface area contributed by atoms with Crippen molar-refractivity contribution >= 4 is 45.3 Å². The van der Waals surface area contributed by atoms with Gasteiger partial charge in [-0.1, -0.05) is 60.7 Å². The minimum atomic E-state index is -0.873. The third kappa shape index (κ3) is 3.84. The van der Waals surface area contributed by atoms with Gasteiger partial charge >= 0.3 is 11.8 Å². The monoisotopic (exact) mass is 397 g/mol. The summed E-state index contributed by atoms with van der Waals surface area (Å²) in [4.78, 5) is 24.4. The molecule has 0 aliphatic heterocycles. The second-order valence-corrected chi connectivity index (χ2v) is 6.59. The summed E-state index contributed by atoms with van der Waals surface area (Å²) in [7, 11) is 1.49. The molecule has 6 nitrogen and oxygen atoms in total. The minimum absolute atomic E-state index is 0.407. The predicted octanol–water partition coefficient (Wildman–Crippen LogP) is 4.09. The number of carbonyl (C=O) groups excluding carboxylic acids is 2. The van der Waals surface area contributed by atoms with Gasteiger partial charge in [0.15, 0.2) is 0 Å². The average molecular weight is 397 g/mol. The Balaban J connectivity index is 1.56. The van der Waals surface area contributed by atoms with E-state index < -0.39 is 11.8 Å².